The first-order chi connectivity index (χ1) is 17.0. The van der Waals surface area contributed by atoms with Crippen molar-refractivity contribution < 1.29 is 35.9 Å². The summed E-state index contributed by atoms with van der Waals surface area (Å²) in [6.07, 6.45) is -0.0168. The zero-order valence-corrected chi connectivity index (χ0v) is 20.3. The Hall–Kier alpha value is -2.85. The van der Waals surface area contributed by atoms with Gasteiger partial charge >= 0.3 is 6.18 Å². The van der Waals surface area contributed by atoms with Gasteiger partial charge in [-0.3, -0.25) is 4.79 Å². The average molecular weight is 516 g/mol. The number of halogens is 5. The monoisotopic (exact) mass is 515 g/mol. The van der Waals surface area contributed by atoms with Crippen molar-refractivity contribution in [1.82, 2.24) is 4.98 Å². The van der Waals surface area contributed by atoms with Gasteiger partial charge in [-0.05, 0) is 37.5 Å². The van der Waals surface area contributed by atoms with Crippen LogP contribution < -0.4 is 15.0 Å². The fourth-order valence-corrected chi connectivity index (χ4v) is 4.71. The summed E-state index contributed by atoms with van der Waals surface area (Å²) in [7, 11) is 1.61. The van der Waals surface area contributed by atoms with E-state index in [1.54, 1.807) is 7.05 Å². The van der Waals surface area contributed by atoms with Crippen molar-refractivity contribution in [3.8, 4) is 5.75 Å². The quantitative estimate of drug-likeness (QED) is 0.273. The van der Waals surface area contributed by atoms with E-state index in [0.29, 0.717) is 18.4 Å². The lowest BCUT2D eigenvalue weighted by Gasteiger charge is -2.17. The van der Waals surface area contributed by atoms with Crippen LogP contribution in [0.4, 0.5) is 33.7 Å². The minimum absolute atomic E-state index is 0.133. The lowest BCUT2D eigenvalue weighted by Crippen LogP contribution is -2.20. The molecule has 36 heavy (non-hydrogen) atoms. The molecule has 1 aromatic heterocycles. The number of carbonyl (C=O) groups is 1. The maximum atomic E-state index is 14.6. The van der Waals surface area contributed by atoms with Gasteiger partial charge in [0.25, 0.3) is 11.9 Å². The number of nitrogens with zero attached hydrogens (tertiary/aromatic N) is 2. The Labute approximate surface area is 206 Å². The van der Waals surface area contributed by atoms with Crippen molar-refractivity contribution in [2.75, 3.05) is 23.8 Å². The van der Waals surface area contributed by atoms with Crippen LogP contribution in [0.25, 0.3) is 0 Å². The van der Waals surface area contributed by atoms with Gasteiger partial charge in [0.15, 0.2) is 23.1 Å². The van der Waals surface area contributed by atoms with Crippen LogP contribution in [0.3, 0.4) is 0 Å². The number of rotatable bonds is 11. The summed E-state index contributed by atoms with van der Waals surface area (Å²) in [5.74, 6) is -3.14. The maximum Gasteiger partial charge on any atom is 0.396 e. The number of hydrogen-bond donors (Lipinski definition) is 1. The van der Waals surface area contributed by atoms with Crippen LogP contribution in [0.2, 0.25) is 0 Å². The molecule has 2 aliphatic carbocycles. The third-order valence-electron chi connectivity index (χ3n) is 6.68. The first kappa shape index (κ1) is 26.2. The zero-order valence-electron chi connectivity index (χ0n) is 20.3. The Balaban J connectivity index is 1.47. The summed E-state index contributed by atoms with van der Waals surface area (Å²) in [6, 6.07) is 1.61. The van der Waals surface area contributed by atoms with Crippen LogP contribution in [-0.2, 0) is 6.42 Å². The number of unbranched alkanes of at least 4 members (excludes halogenated alkanes) is 3. The molecule has 198 valence electrons. The lowest BCUT2D eigenvalue weighted by molar-refractivity contribution is -0.130. The smallest absolute Gasteiger partial charge is 0.396 e. The van der Waals surface area contributed by atoms with E-state index in [9.17, 15) is 26.7 Å². The Morgan fingerprint density at radius 1 is 1.14 bits per heavy atom. The second-order valence-corrected chi connectivity index (χ2v) is 9.73. The van der Waals surface area contributed by atoms with E-state index in [1.807, 2.05) is 0 Å². The van der Waals surface area contributed by atoms with E-state index in [1.165, 1.54) is 4.90 Å². The number of aromatic nitrogens is 1. The summed E-state index contributed by atoms with van der Waals surface area (Å²) < 4.78 is 79.3. The standard InChI is InChI=1S/C25H30F5N3O3/c1-3-4-5-6-7-33(2)24-32-21(20(36-24)13-25(28,29)30)23(34)31-16-11-18(26)22(19(27)12-16)35-17-9-14-8-15(14)10-17/h11-12,14-15,17H,3-10,13H2,1-2H3,(H,31,34). The molecule has 11 heteroatoms. The normalized spacial score (nSPS) is 20.8. The summed E-state index contributed by atoms with van der Waals surface area (Å²) in [4.78, 5) is 18.3. The van der Waals surface area contributed by atoms with E-state index < -0.39 is 47.3 Å². The number of hydrogen-bond acceptors (Lipinski definition) is 5. The maximum absolute atomic E-state index is 14.6. The molecule has 2 aliphatic rings. The van der Waals surface area contributed by atoms with Crippen LogP contribution in [0, 0.1) is 23.5 Å². The van der Waals surface area contributed by atoms with E-state index in [2.05, 4.69) is 17.2 Å². The van der Waals surface area contributed by atoms with E-state index in [-0.39, 0.29) is 17.8 Å². The molecule has 2 aromatic rings. The first-order valence-corrected chi connectivity index (χ1v) is 12.3. The van der Waals surface area contributed by atoms with Crippen LogP contribution in [0.15, 0.2) is 16.5 Å². The summed E-state index contributed by atoms with van der Waals surface area (Å²) >= 11 is 0. The number of ether oxygens (including phenoxy) is 1. The molecule has 0 bridgehead atoms. The Kier molecular flexibility index (Phi) is 7.75. The van der Waals surface area contributed by atoms with Crippen LogP contribution >= 0.6 is 0 Å². The summed E-state index contributed by atoms with van der Waals surface area (Å²) in [5, 5.41) is 2.23. The molecule has 4 rings (SSSR count). The van der Waals surface area contributed by atoms with Gasteiger partial charge in [0, 0.05) is 31.4 Å². The number of oxazole rings is 1. The molecule has 2 atom stereocenters. The van der Waals surface area contributed by atoms with Gasteiger partial charge in [-0.2, -0.15) is 18.2 Å². The minimum atomic E-state index is -4.65. The molecule has 0 radical (unpaired) electrons. The highest BCUT2D eigenvalue weighted by molar-refractivity contribution is 6.03. The highest BCUT2D eigenvalue weighted by Crippen LogP contribution is 2.52. The highest BCUT2D eigenvalue weighted by Gasteiger charge is 2.47. The van der Waals surface area contributed by atoms with Crippen molar-refractivity contribution in [1.29, 1.82) is 0 Å². The fraction of sp³-hybridized carbons (Fsp3) is 0.600. The number of amides is 1. The van der Waals surface area contributed by atoms with Gasteiger partial charge in [-0.1, -0.05) is 26.2 Å². The Morgan fingerprint density at radius 2 is 1.81 bits per heavy atom. The largest absolute Gasteiger partial charge is 0.484 e. The number of nitrogens with one attached hydrogen (secondary N) is 1. The molecule has 0 aliphatic heterocycles. The molecule has 2 saturated carbocycles. The highest BCUT2D eigenvalue weighted by atomic mass is 19.4. The molecule has 0 saturated heterocycles. The first-order valence-electron chi connectivity index (χ1n) is 12.3. The molecular weight excluding hydrogens is 485 g/mol. The van der Waals surface area contributed by atoms with Crippen LogP contribution in [-0.4, -0.2) is 36.8 Å². The summed E-state index contributed by atoms with van der Waals surface area (Å²) in [6.45, 7) is 2.54. The summed E-state index contributed by atoms with van der Waals surface area (Å²) in [5.41, 5.74) is -0.860. The van der Waals surface area contributed by atoms with Crippen LogP contribution in [0.1, 0.15) is 68.1 Å². The topological polar surface area (TPSA) is 67.6 Å². The minimum Gasteiger partial charge on any atom is -0.484 e. The van der Waals surface area contributed by atoms with Gasteiger partial charge in [-0.25, -0.2) is 8.78 Å². The third-order valence-corrected chi connectivity index (χ3v) is 6.68. The Morgan fingerprint density at radius 3 is 2.42 bits per heavy atom. The average Bonchev–Trinajstić information content (AvgIpc) is 3.19. The van der Waals surface area contributed by atoms with E-state index in [0.717, 1.165) is 57.1 Å². The number of alkyl halides is 3. The van der Waals surface area contributed by atoms with Gasteiger partial charge in [0.05, 0.1) is 6.10 Å². The SMILES string of the molecule is CCCCCCN(C)c1nc(C(=O)Nc2cc(F)c(OC3CC4CC4C3)c(F)c2)c(CC(F)(F)F)o1. The molecule has 2 unspecified atom stereocenters. The predicted molar refractivity (Wildman–Crippen MR) is 123 cm³/mol. The van der Waals surface area contributed by atoms with Crippen molar-refractivity contribution in [3.63, 3.8) is 0 Å². The predicted octanol–water partition coefficient (Wildman–Crippen LogP) is 6.50. The number of anilines is 2. The molecule has 1 amide bonds. The molecule has 1 heterocycles. The van der Waals surface area contributed by atoms with Gasteiger partial charge in [0.2, 0.25) is 0 Å². The van der Waals surface area contributed by atoms with Crippen molar-refractivity contribution in [3.05, 3.63) is 35.2 Å². The molecule has 2 fully saturated rings. The molecule has 0 spiro atoms. The van der Waals surface area contributed by atoms with Crippen molar-refractivity contribution >= 4 is 17.6 Å². The molecule has 1 aromatic carbocycles. The number of fused-ring (bicyclic) bond motifs is 1. The lowest BCUT2D eigenvalue weighted by atomic mass is 10.2. The second kappa shape index (κ2) is 10.6. The Bertz CT molecular complexity index is 1050. The van der Waals surface area contributed by atoms with Gasteiger partial charge in [-0.15, -0.1) is 0 Å². The number of carbonyl (C=O) groups excluding carboxylic acids is 1. The van der Waals surface area contributed by atoms with Gasteiger partial charge in [0.1, 0.15) is 12.2 Å². The molecular formula is C25H30F5N3O3. The van der Waals surface area contributed by atoms with E-state index >= 15 is 0 Å². The fourth-order valence-electron chi connectivity index (χ4n) is 4.71. The van der Waals surface area contributed by atoms with Crippen molar-refractivity contribution in [2.24, 2.45) is 11.8 Å². The third kappa shape index (κ3) is 6.47. The van der Waals surface area contributed by atoms with Crippen molar-refractivity contribution in [2.45, 2.75) is 70.6 Å². The van der Waals surface area contributed by atoms with Gasteiger partial charge < -0.3 is 19.4 Å². The molecule has 1 N–H and O–H groups in total. The second-order valence-electron chi connectivity index (χ2n) is 9.73. The molecule has 6 nitrogen and oxygen atoms in total. The van der Waals surface area contributed by atoms with E-state index in [4.69, 9.17) is 9.15 Å². The van der Waals surface area contributed by atoms with Crippen LogP contribution in [0.5, 0.6) is 5.75 Å². The number of benzene rings is 1. The zero-order chi connectivity index (χ0) is 26.0.